The second-order valence-corrected chi connectivity index (χ2v) is 7.68. The Kier molecular flexibility index (Phi) is 5.03. The first-order valence-corrected chi connectivity index (χ1v) is 9.53. The number of rotatable bonds is 6. The largest absolute Gasteiger partial charge is 0.483 e. The number of amides is 1. The third kappa shape index (κ3) is 4.08. The Labute approximate surface area is 162 Å². The molecule has 0 radical (unpaired) electrons. The molecule has 2 aliphatic carbocycles. The summed E-state index contributed by atoms with van der Waals surface area (Å²) in [6, 6.07) is 8.53. The number of carbonyl (C=O) groups is 1. The van der Waals surface area contributed by atoms with Gasteiger partial charge in [-0.25, -0.2) is 0 Å². The van der Waals surface area contributed by atoms with Crippen molar-refractivity contribution < 1.29 is 9.53 Å². The van der Waals surface area contributed by atoms with Gasteiger partial charge in [0.1, 0.15) is 12.3 Å². The molecule has 5 nitrogen and oxygen atoms in total. The molecule has 2 bridgehead atoms. The molecule has 6 heteroatoms. The van der Waals surface area contributed by atoms with Crippen LogP contribution in [-0.4, -0.2) is 17.4 Å². The van der Waals surface area contributed by atoms with Gasteiger partial charge in [0.05, 0.1) is 0 Å². The lowest BCUT2D eigenvalue weighted by Crippen LogP contribution is -2.32. The SMILES string of the molecule is O=C(NC[C@H]1C[C@H]2C=C[C@H]1C2)c1cc(=O)c(OCc2cccc(Cl)c2)c[nH]1. The maximum Gasteiger partial charge on any atom is 0.267 e. The van der Waals surface area contributed by atoms with Crippen LogP contribution in [0, 0.1) is 17.8 Å². The van der Waals surface area contributed by atoms with Gasteiger partial charge in [0.2, 0.25) is 5.43 Å². The Morgan fingerprint density at radius 1 is 1.26 bits per heavy atom. The van der Waals surface area contributed by atoms with Gasteiger partial charge in [-0.3, -0.25) is 9.59 Å². The van der Waals surface area contributed by atoms with Crippen molar-refractivity contribution in [3.8, 4) is 5.75 Å². The third-order valence-electron chi connectivity index (χ3n) is 5.35. The number of benzene rings is 1. The molecule has 2 aliphatic rings. The van der Waals surface area contributed by atoms with Gasteiger partial charge in [-0.15, -0.1) is 0 Å². The van der Waals surface area contributed by atoms with Gasteiger partial charge in [-0.1, -0.05) is 35.9 Å². The van der Waals surface area contributed by atoms with Gasteiger partial charge in [0.25, 0.3) is 5.91 Å². The molecule has 1 fully saturated rings. The van der Waals surface area contributed by atoms with E-state index in [2.05, 4.69) is 22.5 Å². The second kappa shape index (κ2) is 7.61. The van der Waals surface area contributed by atoms with Crippen molar-refractivity contribution in [2.24, 2.45) is 17.8 Å². The van der Waals surface area contributed by atoms with Crippen LogP contribution in [0.4, 0.5) is 0 Å². The minimum Gasteiger partial charge on any atom is -0.483 e. The maximum absolute atomic E-state index is 12.3. The number of aromatic nitrogens is 1. The van der Waals surface area contributed by atoms with E-state index >= 15 is 0 Å². The van der Waals surface area contributed by atoms with E-state index in [0.717, 1.165) is 12.0 Å². The van der Waals surface area contributed by atoms with Crippen LogP contribution in [0.1, 0.15) is 28.9 Å². The summed E-state index contributed by atoms with van der Waals surface area (Å²) < 4.78 is 5.55. The number of hydrogen-bond acceptors (Lipinski definition) is 3. The Balaban J connectivity index is 1.34. The normalized spacial score (nSPS) is 22.8. The fourth-order valence-corrected chi connectivity index (χ4v) is 4.15. The van der Waals surface area contributed by atoms with Crippen molar-refractivity contribution in [2.45, 2.75) is 19.4 Å². The number of nitrogens with one attached hydrogen (secondary N) is 2. The molecule has 2 aromatic rings. The molecule has 1 aromatic heterocycles. The van der Waals surface area contributed by atoms with E-state index < -0.39 is 0 Å². The fourth-order valence-electron chi connectivity index (χ4n) is 3.94. The Hall–Kier alpha value is -2.53. The number of halogens is 1. The van der Waals surface area contributed by atoms with Crippen molar-refractivity contribution in [3.05, 3.63) is 75.2 Å². The molecule has 0 unspecified atom stereocenters. The molecule has 1 aromatic carbocycles. The highest BCUT2D eigenvalue weighted by molar-refractivity contribution is 6.30. The first-order chi connectivity index (χ1) is 13.1. The van der Waals surface area contributed by atoms with Crippen molar-refractivity contribution in [1.29, 1.82) is 0 Å². The molecule has 4 rings (SSSR count). The third-order valence-corrected chi connectivity index (χ3v) is 5.58. The molecule has 1 saturated carbocycles. The predicted octanol–water partition coefficient (Wildman–Crippen LogP) is 3.55. The number of pyridine rings is 1. The van der Waals surface area contributed by atoms with Gasteiger partial charge < -0.3 is 15.0 Å². The number of carbonyl (C=O) groups excluding carboxylic acids is 1. The number of aromatic amines is 1. The number of H-pyrrole nitrogens is 1. The van der Waals surface area contributed by atoms with Crippen LogP contribution in [-0.2, 0) is 6.61 Å². The lowest BCUT2D eigenvalue weighted by molar-refractivity contribution is 0.0940. The van der Waals surface area contributed by atoms with Crippen LogP contribution in [0.15, 0.2) is 53.5 Å². The van der Waals surface area contributed by atoms with Gasteiger partial charge >= 0.3 is 0 Å². The summed E-state index contributed by atoms with van der Waals surface area (Å²) in [5.41, 5.74) is 0.779. The summed E-state index contributed by atoms with van der Waals surface area (Å²) in [5.74, 6) is 1.66. The quantitative estimate of drug-likeness (QED) is 0.748. The van der Waals surface area contributed by atoms with Crippen molar-refractivity contribution in [1.82, 2.24) is 10.3 Å². The fraction of sp³-hybridized carbons (Fsp3) is 0.333. The van der Waals surface area contributed by atoms with E-state index in [9.17, 15) is 9.59 Å². The molecule has 0 aliphatic heterocycles. The molecule has 27 heavy (non-hydrogen) atoms. The first-order valence-electron chi connectivity index (χ1n) is 9.15. The van der Waals surface area contributed by atoms with E-state index in [0.29, 0.717) is 29.3 Å². The average molecular weight is 385 g/mol. The van der Waals surface area contributed by atoms with E-state index in [1.165, 1.54) is 18.7 Å². The van der Waals surface area contributed by atoms with Crippen LogP contribution in [0.3, 0.4) is 0 Å². The van der Waals surface area contributed by atoms with Gasteiger partial charge in [-0.05, 0) is 48.3 Å². The van der Waals surface area contributed by atoms with Gasteiger partial charge in [0.15, 0.2) is 5.75 Å². The smallest absolute Gasteiger partial charge is 0.267 e. The van der Waals surface area contributed by atoms with Gasteiger partial charge in [0, 0.05) is 23.8 Å². The molecule has 1 heterocycles. The zero-order chi connectivity index (χ0) is 18.8. The summed E-state index contributed by atoms with van der Waals surface area (Å²) in [7, 11) is 0. The van der Waals surface area contributed by atoms with E-state index in [4.69, 9.17) is 16.3 Å². The maximum atomic E-state index is 12.3. The Bertz CT molecular complexity index is 937. The molecule has 1 amide bonds. The standard InChI is InChI=1S/C21H21ClN2O3/c22-17-3-1-2-14(8-17)12-27-20-11-23-18(9-19(20)25)21(26)24-10-16-7-13-4-5-15(16)6-13/h1-5,8-9,11,13,15-16H,6-7,10,12H2,(H,23,25)(H,24,26)/t13-,15-,16+/m0/s1. The number of ether oxygens (including phenoxy) is 1. The molecular weight excluding hydrogens is 364 g/mol. The number of fused-ring (bicyclic) bond motifs is 2. The van der Waals surface area contributed by atoms with Crippen LogP contribution < -0.4 is 15.5 Å². The van der Waals surface area contributed by atoms with Crippen LogP contribution in [0.2, 0.25) is 5.02 Å². The summed E-state index contributed by atoms with van der Waals surface area (Å²) in [6.07, 6.45) is 8.31. The minimum atomic E-state index is -0.330. The van der Waals surface area contributed by atoms with Crippen LogP contribution >= 0.6 is 11.6 Å². The summed E-state index contributed by atoms with van der Waals surface area (Å²) in [4.78, 5) is 27.4. The summed E-state index contributed by atoms with van der Waals surface area (Å²) in [6.45, 7) is 0.867. The molecule has 3 atom stereocenters. The average Bonchev–Trinajstić information content (AvgIpc) is 3.28. The number of allylic oxidation sites excluding steroid dienone is 2. The Morgan fingerprint density at radius 2 is 2.15 bits per heavy atom. The number of hydrogen-bond donors (Lipinski definition) is 2. The lowest BCUT2D eigenvalue weighted by Gasteiger charge is -2.18. The first kappa shape index (κ1) is 17.9. The van der Waals surface area contributed by atoms with Gasteiger partial charge in [-0.2, -0.15) is 0 Å². The Morgan fingerprint density at radius 3 is 2.85 bits per heavy atom. The summed E-state index contributed by atoms with van der Waals surface area (Å²) in [5, 5.41) is 3.55. The molecule has 0 saturated heterocycles. The molecule has 2 N–H and O–H groups in total. The monoisotopic (exact) mass is 384 g/mol. The van der Waals surface area contributed by atoms with E-state index in [1.807, 2.05) is 12.1 Å². The van der Waals surface area contributed by atoms with E-state index in [1.54, 1.807) is 12.1 Å². The van der Waals surface area contributed by atoms with Crippen molar-refractivity contribution in [3.63, 3.8) is 0 Å². The highest BCUT2D eigenvalue weighted by Crippen LogP contribution is 2.42. The minimum absolute atomic E-state index is 0.171. The zero-order valence-corrected chi connectivity index (χ0v) is 15.5. The van der Waals surface area contributed by atoms with Crippen LogP contribution in [0.5, 0.6) is 5.75 Å². The molecular formula is C21H21ClN2O3. The van der Waals surface area contributed by atoms with E-state index in [-0.39, 0.29) is 29.4 Å². The predicted molar refractivity (Wildman–Crippen MR) is 104 cm³/mol. The second-order valence-electron chi connectivity index (χ2n) is 7.24. The molecule has 140 valence electrons. The molecule has 0 spiro atoms. The topological polar surface area (TPSA) is 71.2 Å². The van der Waals surface area contributed by atoms with Crippen molar-refractivity contribution in [2.75, 3.05) is 6.54 Å². The van der Waals surface area contributed by atoms with Crippen LogP contribution in [0.25, 0.3) is 0 Å². The zero-order valence-electron chi connectivity index (χ0n) is 14.8. The highest BCUT2D eigenvalue weighted by atomic mass is 35.5. The van der Waals surface area contributed by atoms with Crippen molar-refractivity contribution >= 4 is 17.5 Å². The summed E-state index contributed by atoms with van der Waals surface area (Å²) >= 11 is 5.94. The highest BCUT2D eigenvalue weighted by Gasteiger charge is 2.35. The lowest BCUT2D eigenvalue weighted by atomic mass is 9.93.